The fourth-order valence-corrected chi connectivity index (χ4v) is 4.75. The lowest BCUT2D eigenvalue weighted by molar-refractivity contribution is 0.596. The van der Waals surface area contributed by atoms with E-state index in [1.54, 1.807) is 13.1 Å². The maximum absolute atomic E-state index is 12.6. The summed E-state index contributed by atoms with van der Waals surface area (Å²) in [6.45, 7) is 2.58. The zero-order valence-electron chi connectivity index (χ0n) is 11.8. The molecule has 2 aromatic rings. The van der Waals surface area contributed by atoms with Crippen molar-refractivity contribution in [3.05, 3.63) is 46.8 Å². The number of nitrogens with one attached hydrogen (secondary N) is 1. The Morgan fingerprint density at radius 2 is 1.90 bits per heavy atom. The van der Waals surface area contributed by atoms with Gasteiger partial charge in [0, 0.05) is 18.5 Å². The van der Waals surface area contributed by atoms with Crippen LogP contribution in [0.5, 0.6) is 0 Å². The second-order valence-electron chi connectivity index (χ2n) is 4.51. The minimum absolute atomic E-state index is 0.369. The summed E-state index contributed by atoms with van der Waals surface area (Å²) in [5, 5.41) is 3.02. The molecule has 108 valence electrons. The molecule has 4 nitrogen and oxygen atoms in total. The number of para-hydroxylation sites is 1. The fraction of sp³-hybridized carbons (Fsp3) is 0.286. The smallest absolute Gasteiger partial charge is 0.273 e. The number of nitrogens with zero attached hydrogens (tertiary/aromatic N) is 1. The van der Waals surface area contributed by atoms with Crippen LogP contribution in [0.3, 0.4) is 0 Å². The third-order valence-corrected chi connectivity index (χ3v) is 6.38. The molecule has 1 N–H and O–H groups in total. The van der Waals surface area contributed by atoms with E-state index in [9.17, 15) is 8.42 Å². The van der Waals surface area contributed by atoms with Crippen LogP contribution < -0.4 is 9.62 Å². The van der Waals surface area contributed by atoms with Gasteiger partial charge in [0.15, 0.2) is 0 Å². The van der Waals surface area contributed by atoms with Crippen LogP contribution in [0.25, 0.3) is 0 Å². The minimum atomic E-state index is -3.49. The normalized spacial score (nSPS) is 11.6. The van der Waals surface area contributed by atoms with Crippen LogP contribution in [0.4, 0.5) is 5.69 Å². The van der Waals surface area contributed by atoms with Gasteiger partial charge in [0.05, 0.1) is 5.69 Å². The molecule has 0 aliphatic carbocycles. The van der Waals surface area contributed by atoms with Crippen LogP contribution in [0.2, 0.25) is 0 Å². The van der Waals surface area contributed by atoms with Gasteiger partial charge < -0.3 is 5.32 Å². The standard InChI is InChI=1S/C14H18N2O2S2/c1-11-6-4-5-7-13(11)16(3)20(17,18)14-9-8-12(19-14)10-15-2/h4-9,15H,10H2,1-3H3. The molecule has 2 rings (SSSR count). The lowest BCUT2D eigenvalue weighted by Gasteiger charge is -2.20. The molecule has 0 fully saturated rings. The topological polar surface area (TPSA) is 49.4 Å². The van der Waals surface area contributed by atoms with Crippen LogP contribution in [0.1, 0.15) is 10.4 Å². The Labute approximate surface area is 124 Å². The molecule has 0 saturated carbocycles. The maximum Gasteiger partial charge on any atom is 0.273 e. The van der Waals surface area contributed by atoms with E-state index in [1.807, 2.05) is 44.3 Å². The molecule has 0 atom stereocenters. The summed E-state index contributed by atoms with van der Waals surface area (Å²) in [6.07, 6.45) is 0. The number of hydrogen-bond acceptors (Lipinski definition) is 4. The van der Waals surface area contributed by atoms with Gasteiger partial charge in [-0.05, 0) is 37.7 Å². The van der Waals surface area contributed by atoms with Crippen molar-refractivity contribution in [1.29, 1.82) is 0 Å². The van der Waals surface area contributed by atoms with Gasteiger partial charge in [0.2, 0.25) is 0 Å². The van der Waals surface area contributed by atoms with E-state index in [2.05, 4.69) is 5.32 Å². The first kappa shape index (κ1) is 15.0. The van der Waals surface area contributed by atoms with Gasteiger partial charge in [0.25, 0.3) is 10.0 Å². The summed E-state index contributed by atoms with van der Waals surface area (Å²) in [5.74, 6) is 0. The van der Waals surface area contributed by atoms with Gasteiger partial charge in [-0.2, -0.15) is 0 Å². The van der Waals surface area contributed by atoms with Crippen molar-refractivity contribution in [1.82, 2.24) is 5.32 Å². The SMILES string of the molecule is CNCc1ccc(S(=O)(=O)N(C)c2ccccc2C)s1. The highest BCUT2D eigenvalue weighted by molar-refractivity contribution is 7.94. The van der Waals surface area contributed by atoms with E-state index in [0.29, 0.717) is 16.4 Å². The van der Waals surface area contributed by atoms with Crippen molar-refractivity contribution in [3.63, 3.8) is 0 Å². The summed E-state index contributed by atoms with van der Waals surface area (Å²) in [6, 6.07) is 11.0. The Hall–Kier alpha value is -1.37. The van der Waals surface area contributed by atoms with Gasteiger partial charge in [-0.1, -0.05) is 18.2 Å². The van der Waals surface area contributed by atoms with Crippen molar-refractivity contribution < 1.29 is 8.42 Å². The first-order valence-corrected chi connectivity index (χ1v) is 8.50. The molecule has 0 aliphatic rings. The largest absolute Gasteiger partial charge is 0.315 e. The average molecular weight is 310 g/mol. The van der Waals surface area contributed by atoms with Crippen molar-refractivity contribution >= 4 is 27.0 Å². The van der Waals surface area contributed by atoms with E-state index in [4.69, 9.17) is 0 Å². The molecule has 6 heteroatoms. The van der Waals surface area contributed by atoms with Gasteiger partial charge in [-0.25, -0.2) is 8.42 Å². The number of rotatable bonds is 5. The van der Waals surface area contributed by atoms with E-state index >= 15 is 0 Å². The molecular formula is C14H18N2O2S2. The van der Waals surface area contributed by atoms with Crippen molar-refractivity contribution in [2.75, 3.05) is 18.4 Å². The van der Waals surface area contributed by atoms with Gasteiger partial charge in [-0.15, -0.1) is 11.3 Å². The number of sulfonamides is 1. The minimum Gasteiger partial charge on any atom is -0.315 e. The first-order valence-electron chi connectivity index (χ1n) is 6.24. The molecule has 0 bridgehead atoms. The molecule has 0 radical (unpaired) electrons. The summed E-state index contributed by atoms with van der Waals surface area (Å²) in [5.41, 5.74) is 1.64. The Morgan fingerprint density at radius 3 is 2.55 bits per heavy atom. The quantitative estimate of drug-likeness (QED) is 0.923. The van der Waals surface area contributed by atoms with Gasteiger partial charge in [0.1, 0.15) is 4.21 Å². The fourth-order valence-electron chi connectivity index (χ4n) is 1.95. The van der Waals surface area contributed by atoms with Gasteiger partial charge in [-0.3, -0.25) is 4.31 Å². The van der Waals surface area contributed by atoms with Crippen LogP contribution in [-0.2, 0) is 16.6 Å². The number of aryl methyl sites for hydroxylation is 1. The lowest BCUT2D eigenvalue weighted by atomic mass is 10.2. The van der Waals surface area contributed by atoms with Crippen molar-refractivity contribution in [3.8, 4) is 0 Å². The molecule has 1 aromatic heterocycles. The Kier molecular flexibility index (Phi) is 4.47. The van der Waals surface area contributed by atoms with E-state index in [-0.39, 0.29) is 0 Å². The molecule has 0 saturated heterocycles. The molecule has 20 heavy (non-hydrogen) atoms. The zero-order chi connectivity index (χ0) is 14.8. The molecule has 0 spiro atoms. The average Bonchev–Trinajstić information content (AvgIpc) is 2.88. The number of benzene rings is 1. The number of hydrogen-bond donors (Lipinski definition) is 1. The summed E-state index contributed by atoms with van der Waals surface area (Å²) in [4.78, 5) is 1.00. The van der Waals surface area contributed by atoms with Crippen LogP contribution >= 0.6 is 11.3 Å². The molecule has 0 unspecified atom stereocenters. The van der Waals surface area contributed by atoms with E-state index in [0.717, 1.165) is 10.4 Å². The lowest BCUT2D eigenvalue weighted by Crippen LogP contribution is -2.26. The van der Waals surface area contributed by atoms with Crippen molar-refractivity contribution in [2.24, 2.45) is 0 Å². The Morgan fingerprint density at radius 1 is 1.20 bits per heavy atom. The molecule has 1 heterocycles. The third kappa shape index (κ3) is 2.87. The second kappa shape index (κ2) is 5.95. The van der Waals surface area contributed by atoms with Crippen LogP contribution in [-0.4, -0.2) is 22.5 Å². The second-order valence-corrected chi connectivity index (χ2v) is 7.87. The highest BCUT2D eigenvalue weighted by atomic mass is 32.2. The van der Waals surface area contributed by atoms with E-state index in [1.165, 1.54) is 15.6 Å². The van der Waals surface area contributed by atoms with Crippen molar-refractivity contribution in [2.45, 2.75) is 17.7 Å². The Bertz CT molecular complexity index is 693. The third-order valence-electron chi connectivity index (χ3n) is 3.06. The first-order chi connectivity index (χ1) is 9.46. The Balaban J connectivity index is 2.36. The summed E-state index contributed by atoms with van der Waals surface area (Å²) < 4.78 is 27.0. The number of anilines is 1. The highest BCUT2D eigenvalue weighted by Crippen LogP contribution is 2.29. The predicted octanol–water partition coefficient (Wildman–Crippen LogP) is 2.60. The monoisotopic (exact) mass is 310 g/mol. The molecular weight excluding hydrogens is 292 g/mol. The summed E-state index contributed by atoms with van der Waals surface area (Å²) >= 11 is 1.30. The highest BCUT2D eigenvalue weighted by Gasteiger charge is 2.24. The van der Waals surface area contributed by atoms with Crippen LogP contribution in [0.15, 0.2) is 40.6 Å². The summed E-state index contributed by atoms with van der Waals surface area (Å²) in [7, 11) is -0.0549. The molecule has 0 amide bonds. The predicted molar refractivity (Wildman–Crippen MR) is 83.9 cm³/mol. The number of thiophene rings is 1. The van der Waals surface area contributed by atoms with E-state index < -0.39 is 10.0 Å². The van der Waals surface area contributed by atoms with Crippen LogP contribution in [0, 0.1) is 6.92 Å². The molecule has 1 aromatic carbocycles. The van der Waals surface area contributed by atoms with Gasteiger partial charge >= 0.3 is 0 Å². The zero-order valence-corrected chi connectivity index (χ0v) is 13.4. The molecule has 0 aliphatic heterocycles. The maximum atomic E-state index is 12.6.